The van der Waals surface area contributed by atoms with Gasteiger partial charge in [0, 0.05) is 17.7 Å². The fourth-order valence-electron chi connectivity index (χ4n) is 1.74. The molecule has 0 spiro atoms. The van der Waals surface area contributed by atoms with Crippen molar-refractivity contribution >= 4 is 5.91 Å². The van der Waals surface area contributed by atoms with Crippen LogP contribution in [0.15, 0.2) is 24.3 Å². The second kappa shape index (κ2) is 6.23. The number of carbonyl (C=O) groups excluding carboxylic acids is 1. The van der Waals surface area contributed by atoms with Gasteiger partial charge < -0.3 is 10.4 Å². The van der Waals surface area contributed by atoms with E-state index in [1.54, 1.807) is 24.3 Å². The molecule has 1 amide bonds. The van der Waals surface area contributed by atoms with Crippen molar-refractivity contribution in [2.24, 2.45) is 5.92 Å². The molecule has 3 nitrogen and oxygen atoms in total. The van der Waals surface area contributed by atoms with Crippen LogP contribution >= 0.6 is 0 Å². The molecular weight excluding hydrogens is 226 g/mol. The lowest BCUT2D eigenvalue weighted by molar-refractivity contribution is 0.0952. The molecular formula is C15H17NO2. The van der Waals surface area contributed by atoms with Gasteiger partial charge in [-0.3, -0.25) is 4.79 Å². The Morgan fingerprint density at radius 3 is 2.67 bits per heavy atom. The summed E-state index contributed by atoms with van der Waals surface area (Å²) in [6.45, 7) is 0.610. The number of carbonyl (C=O) groups is 1. The van der Waals surface area contributed by atoms with Crippen molar-refractivity contribution in [1.29, 1.82) is 0 Å². The predicted molar refractivity (Wildman–Crippen MR) is 70.1 cm³/mol. The van der Waals surface area contributed by atoms with E-state index in [0.717, 1.165) is 24.4 Å². The average Bonchev–Trinajstić information content (AvgIpc) is 3.21. The van der Waals surface area contributed by atoms with Gasteiger partial charge >= 0.3 is 0 Å². The van der Waals surface area contributed by atoms with E-state index in [1.807, 2.05) is 0 Å². The smallest absolute Gasteiger partial charge is 0.251 e. The van der Waals surface area contributed by atoms with Gasteiger partial charge in [0.2, 0.25) is 0 Å². The zero-order chi connectivity index (χ0) is 12.8. The van der Waals surface area contributed by atoms with Crippen LogP contribution in [0.3, 0.4) is 0 Å². The SMILES string of the molecule is O=C(NCCC1CC1)c1ccc(C#CCO)cc1. The molecule has 1 saturated carbocycles. The highest BCUT2D eigenvalue weighted by Crippen LogP contribution is 2.31. The van der Waals surface area contributed by atoms with Crippen LogP contribution in [0, 0.1) is 17.8 Å². The number of benzene rings is 1. The topological polar surface area (TPSA) is 49.3 Å². The fraction of sp³-hybridized carbons (Fsp3) is 0.400. The molecule has 0 radical (unpaired) electrons. The highest BCUT2D eigenvalue weighted by Gasteiger charge is 2.20. The van der Waals surface area contributed by atoms with Crippen LogP contribution < -0.4 is 5.32 Å². The lowest BCUT2D eigenvalue weighted by Crippen LogP contribution is -2.24. The number of hydrogen-bond acceptors (Lipinski definition) is 2. The maximum Gasteiger partial charge on any atom is 0.251 e. The summed E-state index contributed by atoms with van der Waals surface area (Å²) in [6, 6.07) is 7.10. The van der Waals surface area contributed by atoms with Gasteiger partial charge in [-0.25, -0.2) is 0 Å². The molecule has 3 heteroatoms. The van der Waals surface area contributed by atoms with E-state index in [1.165, 1.54) is 12.8 Å². The van der Waals surface area contributed by atoms with Crippen molar-refractivity contribution in [2.75, 3.05) is 13.2 Å². The molecule has 1 aliphatic carbocycles. The summed E-state index contributed by atoms with van der Waals surface area (Å²) in [5.74, 6) is 6.17. The van der Waals surface area contributed by atoms with E-state index < -0.39 is 0 Å². The van der Waals surface area contributed by atoms with Crippen molar-refractivity contribution in [3.8, 4) is 11.8 Å². The number of aliphatic hydroxyl groups excluding tert-OH is 1. The normalized spacial score (nSPS) is 13.6. The Morgan fingerprint density at radius 1 is 1.33 bits per heavy atom. The third-order valence-electron chi connectivity index (χ3n) is 2.99. The van der Waals surface area contributed by atoms with Crippen LogP contribution in [0.25, 0.3) is 0 Å². The third-order valence-corrected chi connectivity index (χ3v) is 2.99. The zero-order valence-corrected chi connectivity index (χ0v) is 10.3. The highest BCUT2D eigenvalue weighted by molar-refractivity contribution is 5.94. The van der Waals surface area contributed by atoms with Crippen LogP contribution in [-0.2, 0) is 0 Å². The first-order chi connectivity index (χ1) is 8.79. The molecule has 0 heterocycles. The molecule has 18 heavy (non-hydrogen) atoms. The standard InChI is InChI=1S/C15H17NO2/c17-11-1-2-12-5-7-14(8-6-12)15(18)16-10-9-13-3-4-13/h5-8,13,17H,3-4,9-11H2,(H,16,18). The number of hydrogen-bond donors (Lipinski definition) is 2. The van der Waals surface area contributed by atoms with Gasteiger partial charge in [0.25, 0.3) is 5.91 Å². The Labute approximate surface area is 107 Å². The highest BCUT2D eigenvalue weighted by atomic mass is 16.2. The van der Waals surface area contributed by atoms with Gasteiger partial charge in [0.15, 0.2) is 0 Å². The van der Waals surface area contributed by atoms with Gasteiger partial charge in [-0.05, 0) is 36.6 Å². The molecule has 1 aromatic rings. The molecule has 94 valence electrons. The van der Waals surface area contributed by atoms with Crippen molar-refractivity contribution in [3.63, 3.8) is 0 Å². The number of aliphatic hydroxyl groups is 1. The van der Waals surface area contributed by atoms with Gasteiger partial charge in [0.1, 0.15) is 6.61 Å². The molecule has 0 saturated heterocycles. The molecule has 2 N–H and O–H groups in total. The van der Waals surface area contributed by atoms with E-state index in [0.29, 0.717) is 5.56 Å². The minimum Gasteiger partial charge on any atom is -0.384 e. The monoisotopic (exact) mass is 243 g/mol. The Morgan fingerprint density at radius 2 is 2.06 bits per heavy atom. The maximum absolute atomic E-state index is 11.8. The van der Waals surface area contributed by atoms with Gasteiger partial charge in [-0.2, -0.15) is 0 Å². The van der Waals surface area contributed by atoms with Crippen molar-refractivity contribution in [1.82, 2.24) is 5.32 Å². The Kier molecular flexibility index (Phi) is 4.38. The van der Waals surface area contributed by atoms with Crippen molar-refractivity contribution < 1.29 is 9.90 Å². The predicted octanol–water partition coefficient (Wildman–Crippen LogP) is 1.56. The summed E-state index contributed by atoms with van der Waals surface area (Å²) in [7, 11) is 0. The zero-order valence-electron chi connectivity index (χ0n) is 10.3. The summed E-state index contributed by atoms with van der Waals surface area (Å²) in [5, 5.41) is 11.5. The summed E-state index contributed by atoms with van der Waals surface area (Å²) in [5.41, 5.74) is 1.46. The quantitative estimate of drug-likeness (QED) is 0.788. The van der Waals surface area contributed by atoms with E-state index in [-0.39, 0.29) is 12.5 Å². The molecule has 0 aromatic heterocycles. The lowest BCUT2D eigenvalue weighted by atomic mass is 10.1. The first-order valence-electron chi connectivity index (χ1n) is 6.27. The van der Waals surface area contributed by atoms with E-state index in [4.69, 9.17) is 5.11 Å². The van der Waals surface area contributed by atoms with Crippen molar-refractivity contribution in [3.05, 3.63) is 35.4 Å². The fourth-order valence-corrected chi connectivity index (χ4v) is 1.74. The Bertz CT molecular complexity index is 464. The number of amides is 1. The molecule has 1 fully saturated rings. The second-order valence-electron chi connectivity index (χ2n) is 4.53. The lowest BCUT2D eigenvalue weighted by Gasteiger charge is -2.04. The molecule has 0 atom stereocenters. The molecule has 0 bridgehead atoms. The molecule has 0 unspecified atom stereocenters. The third kappa shape index (κ3) is 3.90. The van der Waals surface area contributed by atoms with E-state index >= 15 is 0 Å². The van der Waals surface area contributed by atoms with Gasteiger partial charge in [-0.15, -0.1) is 0 Å². The first-order valence-corrected chi connectivity index (χ1v) is 6.27. The summed E-state index contributed by atoms with van der Waals surface area (Å²) < 4.78 is 0. The van der Waals surface area contributed by atoms with Crippen LogP contribution in [0.4, 0.5) is 0 Å². The first kappa shape index (κ1) is 12.7. The van der Waals surface area contributed by atoms with Crippen molar-refractivity contribution in [2.45, 2.75) is 19.3 Å². The minimum atomic E-state index is -0.149. The van der Waals surface area contributed by atoms with Crippen LogP contribution in [0.5, 0.6) is 0 Å². The van der Waals surface area contributed by atoms with Crippen LogP contribution in [0.2, 0.25) is 0 Å². The number of rotatable bonds is 4. The largest absolute Gasteiger partial charge is 0.384 e. The molecule has 1 aliphatic rings. The van der Waals surface area contributed by atoms with Crippen LogP contribution in [0.1, 0.15) is 35.2 Å². The summed E-state index contributed by atoms with van der Waals surface area (Å²) >= 11 is 0. The summed E-state index contributed by atoms with van der Waals surface area (Å²) in [4.78, 5) is 11.8. The van der Waals surface area contributed by atoms with Crippen LogP contribution in [-0.4, -0.2) is 24.2 Å². The Balaban J connectivity index is 1.85. The molecule has 1 aromatic carbocycles. The van der Waals surface area contributed by atoms with Gasteiger partial charge in [-0.1, -0.05) is 24.7 Å². The van der Waals surface area contributed by atoms with E-state index in [9.17, 15) is 4.79 Å². The second-order valence-corrected chi connectivity index (χ2v) is 4.53. The maximum atomic E-state index is 11.8. The Hall–Kier alpha value is -1.79. The van der Waals surface area contributed by atoms with Gasteiger partial charge in [0.05, 0.1) is 0 Å². The van der Waals surface area contributed by atoms with E-state index in [2.05, 4.69) is 17.2 Å². The molecule has 0 aliphatic heterocycles. The molecule has 2 rings (SSSR count). The minimum absolute atomic E-state index is 0.0303. The average molecular weight is 243 g/mol. The number of nitrogens with one attached hydrogen (secondary N) is 1. The summed E-state index contributed by atoms with van der Waals surface area (Å²) in [6.07, 6.45) is 3.72.